The number of hydrogen-bond donors (Lipinski definition) is 1. The van der Waals surface area contributed by atoms with Gasteiger partial charge in [0, 0.05) is 22.7 Å². The summed E-state index contributed by atoms with van der Waals surface area (Å²) in [4.78, 5) is 29.5. The molecule has 1 saturated heterocycles. The van der Waals surface area contributed by atoms with Gasteiger partial charge in [-0.25, -0.2) is 0 Å². The molecular weight excluding hydrogens is 474 g/mol. The third-order valence-electron chi connectivity index (χ3n) is 6.16. The minimum atomic E-state index is -0.479. The van der Waals surface area contributed by atoms with E-state index in [1.54, 1.807) is 18.2 Å². The third kappa shape index (κ3) is 3.92. The zero-order valence-corrected chi connectivity index (χ0v) is 20.3. The maximum Gasteiger partial charge on any atom is 0.270 e. The van der Waals surface area contributed by atoms with Crippen LogP contribution in [0.5, 0.6) is 0 Å². The molecule has 2 aromatic carbocycles. The zero-order chi connectivity index (χ0) is 22.5. The molecule has 4 rings (SSSR count). The molecule has 2 heterocycles. The summed E-state index contributed by atoms with van der Waals surface area (Å²) in [5.41, 5.74) is 3.97. The molecule has 1 N–H and O–H groups in total. The smallest absolute Gasteiger partial charge is 0.270 e. The SMILES string of the molecule is C[C@H]1CC(C)(C)N(C)c2ccc(/C=C3\C(=O)NC(=S)N(c4ccc(Br)cc4)C3=O)cc21. The number of benzene rings is 2. The highest BCUT2D eigenvalue weighted by molar-refractivity contribution is 9.10. The third-order valence-corrected chi connectivity index (χ3v) is 6.97. The molecule has 7 heteroatoms. The van der Waals surface area contributed by atoms with Crippen molar-refractivity contribution in [1.82, 2.24) is 5.32 Å². The minimum Gasteiger partial charge on any atom is -0.369 e. The Morgan fingerprint density at radius 2 is 1.84 bits per heavy atom. The van der Waals surface area contributed by atoms with Gasteiger partial charge in [0.15, 0.2) is 5.11 Å². The van der Waals surface area contributed by atoms with Gasteiger partial charge in [-0.1, -0.05) is 28.9 Å². The van der Waals surface area contributed by atoms with Crippen LogP contribution in [0.25, 0.3) is 6.08 Å². The van der Waals surface area contributed by atoms with Crippen LogP contribution in [0.2, 0.25) is 0 Å². The maximum absolute atomic E-state index is 13.2. The number of amides is 2. The van der Waals surface area contributed by atoms with Crippen LogP contribution in [-0.2, 0) is 9.59 Å². The van der Waals surface area contributed by atoms with Gasteiger partial charge < -0.3 is 4.90 Å². The number of anilines is 2. The molecule has 0 aliphatic carbocycles. The van der Waals surface area contributed by atoms with Crippen molar-refractivity contribution in [3.05, 3.63) is 63.6 Å². The number of nitrogens with one attached hydrogen (secondary N) is 1. The standard InChI is InChI=1S/C24H24BrN3O2S/c1-14-13-24(2,3)27(4)20-10-5-15(11-18(14)20)12-19-21(29)26-23(31)28(22(19)30)17-8-6-16(25)7-9-17/h5-12,14H,13H2,1-4H3,(H,26,29,31)/b19-12+/t14-/m0/s1. The molecule has 0 saturated carbocycles. The predicted molar refractivity (Wildman–Crippen MR) is 132 cm³/mol. The summed E-state index contributed by atoms with van der Waals surface area (Å²) < 4.78 is 0.891. The van der Waals surface area contributed by atoms with Gasteiger partial charge in [-0.3, -0.25) is 19.8 Å². The van der Waals surface area contributed by atoms with E-state index in [0.29, 0.717) is 11.6 Å². The van der Waals surface area contributed by atoms with Crippen molar-refractivity contribution in [1.29, 1.82) is 0 Å². The van der Waals surface area contributed by atoms with Gasteiger partial charge in [0.1, 0.15) is 5.57 Å². The number of thiocarbonyl (C=S) groups is 1. The Morgan fingerprint density at radius 3 is 2.52 bits per heavy atom. The van der Waals surface area contributed by atoms with Crippen LogP contribution in [0.4, 0.5) is 11.4 Å². The fourth-order valence-electron chi connectivity index (χ4n) is 4.33. The van der Waals surface area contributed by atoms with Crippen molar-refractivity contribution in [3.63, 3.8) is 0 Å². The number of carbonyl (C=O) groups is 2. The molecule has 0 aromatic heterocycles. The van der Waals surface area contributed by atoms with E-state index in [9.17, 15) is 9.59 Å². The van der Waals surface area contributed by atoms with Gasteiger partial charge in [-0.2, -0.15) is 0 Å². The molecule has 0 bridgehead atoms. The van der Waals surface area contributed by atoms with Gasteiger partial charge in [-0.15, -0.1) is 0 Å². The first-order valence-corrected chi connectivity index (χ1v) is 11.3. The minimum absolute atomic E-state index is 0.0635. The van der Waals surface area contributed by atoms with Crippen molar-refractivity contribution in [2.45, 2.75) is 38.6 Å². The maximum atomic E-state index is 13.2. The Hall–Kier alpha value is -2.51. The molecule has 0 radical (unpaired) electrons. The molecular formula is C24H24BrN3O2S. The highest BCUT2D eigenvalue weighted by atomic mass is 79.9. The molecule has 5 nitrogen and oxygen atoms in total. The van der Waals surface area contributed by atoms with Crippen molar-refractivity contribution < 1.29 is 9.59 Å². The van der Waals surface area contributed by atoms with Crippen LogP contribution < -0.4 is 15.1 Å². The number of fused-ring (bicyclic) bond motifs is 1. The molecule has 160 valence electrons. The molecule has 31 heavy (non-hydrogen) atoms. The molecule has 1 atom stereocenters. The normalized spacial score (nSPS) is 21.9. The summed E-state index contributed by atoms with van der Waals surface area (Å²) in [6, 6.07) is 13.3. The summed E-state index contributed by atoms with van der Waals surface area (Å²) in [6.07, 6.45) is 2.68. The number of hydrogen-bond acceptors (Lipinski definition) is 4. The van der Waals surface area contributed by atoms with E-state index >= 15 is 0 Å². The number of carbonyl (C=O) groups excluding carboxylic acids is 2. The predicted octanol–water partition coefficient (Wildman–Crippen LogP) is 5.00. The molecule has 2 aromatic rings. The Morgan fingerprint density at radius 1 is 1.16 bits per heavy atom. The second-order valence-electron chi connectivity index (χ2n) is 8.73. The fourth-order valence-corrected chi connectivity index (χ4v) is 4.88. The second kappa shape index (κ2) is 7.88. The summed E-state index contributed by atoms with van der Waals surface area (Å²) >= 11 is 8.66. The lowest BCUT2D eigenvalue weighted by atomic mass is 9.80. The molecule has 2 amide bonds. The van der Waals surface area contributed by atoms with E-state index in [0.717, 1.165) is 16.5 Å². The lowest BCUT2D eigenvalue weighted by molar-refractivity contribution is -0.122. The average molecular weight is 498 g/mol. The van der Waals surface area contributed by atoms with Gasteiger partial charge in [0.05, 0.1) is 5.69 Å². The van der Waals surface area contributed by atoms with E-state index in [-0.39, 0.29) is 16.2 Å². The monoisotopic (exact) mass is 497 g/mol. The highest BCUT2D eigenvalue weighted by Crippen LogP contribution is 2.42. The van der Waals surface area contributed by atoms with Gasteiger partial charge in [0.25, 0.3) is 11.8 Å². The van der Waals surface area contributed by atoms with Crippen molar-refractivity contribution in [3.8, 4) is 0 Å². The second-order valence-corrected chi connectivity index (χ2v) is 10.0. The number of nitrogens with zero attached hydrogens (tertiary/aromatic N) is 2. The summed E-state index contributed by atoms with van der Waals surface area (Å²) in [7, 11) is 2.11. The first kappa shape index (κ1) is 21.7. The molecule has 0 spiro atoms. The van der Waals surface area contributed by atoms with E-state index < -0.39 is 11.8 Å². The highest BCUT2D eigenvalue weighted by Gasteiger charge is 2.36. The van der Waals surface area contributed by atoms with Gasteiger partial charge in [0.2, 0.25) is 0 Å². The van der Waals surface area contributed by atoms with E-state index in [4.69, 9.17) is 12.2 Å². The molecule has 2 aliphatic rings. The van der Waals surface area contributed by atoms with Crippen LogP contribution in [-0.4, -0.2) is 29.5 Å². The molecule has 1 fully saturated rings. The summed E-state index contributed by atoms with van der Waals surface area (Å²) in [6.45, 7) is 6.70. The molecule has 0 unspecified atom stereocenters. The lowest BCUT2D eigenvalue weighted by Crippen LogP contribution is -2.54. The molecule has 2 aliphatic heterocycles. The topological polar surface area (TPSA) is 52.7 Å². The zero-order valence-electron chi connectivity index (χ0n) is 17.9. The summed E-state index contributed by atoms with van der Waals surface area (Å²) in [5, 5.41) is 2.72. The van der Waals surface area contributed by atoms with E-state index in [2.05, 4.69) is 66.1 Å². The summed E-state index contributed by atoms with van der Waals surface area (Å²) in [5.74, 6) is -0.533. The van der Waals surface area contributed by atoms with Crippen LogP contribution >= 0.6 is 28.1 Å². The Kier molecular flexibility index (Phi) is 5.52. The van der Waals surface area contributed by atoms with E-state index in [1.165, 1.54) is 16.2 Å². The van der Waals surface area contributed by atoms with E-state index in [1.807, 2.05) is 18.2 Å². The largest absolute Gasteiger partial charge is 0.369 e. The van der Waals surface area contributed by atoms with Crippen molar-refractivity contribution in [2.75, 3.05) is 16.8 Å². The van der Waals surface area contributed by atoms with Crippen LogP contribution in [0.15, 0.2) is 52.5 Å². The Balaban J connectivity index is 1.72. The first-order chi connectivity index (χ1) is 14.6. The fraction of sp³-hybridized carbons (Fsp3) is 0.292. The van der Waals surface area contributed by atoms with Crippen molar-refractivity contribution in [2.24, 2.45) is 0 Å². The number of rotatable bonds is 2. The first-order valence-electron chi connectivity index (χ1n) is 10.1. The Labute approximate surface area is 196 Å². The van der Waals surface area contributed by atoms with Crippen LogP contribution in [0, 0.1) is 0 Å². The Bertz CT molecular complexity index is 1120. The van der Waals surface area contributed by atoms with Crippen LogP contribution in [0.1, 0.15) is 44.2 Å². The quantitative estimate of drug-likeness (QED) is 0.360. The number of halogens is 1. The lowest BCUT2D eigenvalue weighted by Gasteiger charge is -2.45. The average Bonchev–Trinajstić information content (AvgIpc) is 2.70. The van der Waals surface area contributed by atoms with Crippen LogP contribution in [0.3, 0.4) is 0 Å². The van der Waals surface area contributed by atoms with Crippen molar-refractivity contribution >= 4 is 62.5 Å². The van der Waals surface area contributed by atoms with Gasteiger partial charge in [-0.05, 0) is 92.0 Å². The van der Waals surface area contributed by atoms with Gasteiger partial charge >= 0.3 is 0 Å².